The fourth-order valence-electron chi connectivity index (χ4n) is 2.65. The number of thiophene rings is 1. The summed E-state index contributed by atoms with van der Waals surface area (Å²) in [5, 5.41) is 1.56. The molecule has 1 N–H and O–H groups in total. The molecule has 148 valence electrons. The maximum Gasteiger partial charge on any atom is 0.471 e. The molecule has 27 heavy (non-hydrogen) atoms. The van der Waals surface area contributed by atoms with Gasteiger partial charge in [0.15, 0.2) is 5.78 Å². The number of esters is 1. The number of alkyl halides is 3. The molecular weight excluding hydrogens is 385 g/mol. The molecule has 0 aliphatic carbocycles. The average molecular weight is 404 g/mol. The number of nitrogens with zero attached hydrogens (tertiary/aromatic N) is 1. The van der Waals surface area contributed by atoms with Crippen LogP contribution >= 0.6 is 11.3 Å². The van der Waals surface area contributed by atoms with E-state index in [1.165, 1.54) is 6.92 Å². The van der Waals surface area contributed by atoms with Crippen LogP contribution in [0.25, 0.3) is 0 Å². The largest absolute Gasteiger partial charge is 0.471 e. The Morgan fingerprint density at radius 3 is 2.56 bits per heavy atom. The predicted octanol–water partition coefficient (Wildman–Crippen LogP) is 2.93. The zero-order valence-electron chi connectivity index (χ0n) is 15.0. The first-order valence-electron chi connectivity index (χ1n) is 8.16. The molecule has 6 nitrogen and oxygen atoms in total. The van der Waals surface area contributed by atoms with Crippen LogP contribution in [0.3, 0.4) is 0 Å². The van der Waals surface area contributed by atoms with E-state index in [0.29, 0.717) is 29.0 Å². The minimum atomic E-state index is -5.09. The molecule has 0 radical (unpaired) electrons. The summed E-state index contributed by atoms with van der Waals surface area (Å²) in [4.78, 5) is 38.0. The van der Waals surface area contributed by atoms with Crippen LogP contribution in [0.5, 0.6) is 0 Å². The Morgan fingerprint density at radius 2 is 2.00 bits per heavy atom. The van der Waals surface area contributed by atoms with Crippen molar-refractivity contribution in [2.24, 2.45) is 0 Å². The number of nitrogens with one attached hydrogen (secondary N) is 1. The maximum absolute atomic E-state index is 12.7. The first-order valence-corrected chi connectivity index (χ1v) is 8.97. The molecule has 1 amide bonds. The number of hydrogen-bond donors (Lipinski definition) is 1. The SMILES string of the molecule is CCOC(=O)c1c(NC(=O)C(F)(F)F)sc2c1CCN(C)/C=C(/C(C)=O)C2. The van der Waals surface area contributed by atoms with Crippen LogP contribution in [0.15, 0.2) is 11.8 Å². The first-order chi connectivity index (χ1) is 12.5. The highest BCUT2D eigenvalue weighted by molar-refractivity contribution is 7.17. The Hall–Kier alpha value is -2.36. The minimum Gasteiger partial charge on any atom is -0.462 e. The maximum atomic E-state index is 12.7. The normalized spacial score (nSPS) is 16.5. The fraction of sp³-hybridized carbons (Fsp3) is 0.471. The summed E-state index contributed by atoms with van der Waals surface area (Å²) in [6.07, 6.45) is -2.88. The number of anilines is 1. The van der Waals surface area contributed by atoms with Gasteiger partial charge in [-0.1, -0.05) is 0 Å². The molecule has 1 aromatic heterocycles. The highest BCUT2D eigenvalue weighted by Crippen LogP contribution is 2.38. The summed E-state index contributed by atoms with van der Waals surface area (Å²) < 4.78 is 43.0. The number of ketones is 1. The number of carbonyl (C=O) groups excluding carboxylic acids is 3. The number of allylic oxidation sites excluding steroid dienone is 1. The summed E-state index contributed by atoms with van der Waals surface area (Å²) >= 11 is 0.861. The molecule has 1 aromatic rings. The third-order valence-electron chi connectivity index (χ3n) is 3.95. The van der Waals surface area contributed by atoms with Gasteiger partial charge in [0, 0.05) is 36.7 Å². The molecule has 0 spiro atoms. The molecule has 0 fully saturated rings. The van der Waals surface area contributed by atoms with E-state index < -0.39 is 18.1 Å². The Balaban J connectivity index is 2.54. The monoisotopic (exact) mass is 404 g/mol. The van der Waals surface area contributed by atoms with E-state index in [1.807, 2.05) is 0 Å². The number of carbonyl (C=O) groups is 3. The smallest absolute Gasteiger partial charge is 0.462 e. The van der Waals surface area contributed by atoms with Gasteiger partial charge < -0.3 is 15.0 Å². The highest BCUT2D eigenvalue weighted by atomic mass is 32.1. The van der Waals surface area contributed by atoms with Gasteiger partial charge in [0.1, 0.15) is 5.00 Å². The molecule has 0 unspecified atom stereocenters. The molecule has 0 atom stereocenters. The van der Waals surface area contributed by atoms with Crippen molar-refractivity contribution >= 4 is 34.0 Å². The molecule has 1 aliphatic heterocycles. The van der Waals surface area contributed by atoms with E-state index >= 15 is 0 Å². The van der Waals surface area contributed by atoms with Gasteiger partial charge in [-0.3, -0.25) is 9.59 Å². The number of likely N-dealkylation sites (N-methyl/N-ethyl adjacent to an activating group) is 1. The van der Waals surface area contributed by atoms with Crippen LogP contribution in [0.4, 0.5) is 18.2 Å². The van der Waals surface area contributed by atoms with Gasteiger partial charge in [0.2, 0.25) is 0 Å². The summed E-state index contributed by atoms with van der Waals surface area (Å²) in [6.45, 7) is 3.45. The third-order valence-corrected chi connectivity index (χ3v) is 5.10. The van der Waals surface area contributed by atoms with Crippen LogP contribution in [0, 0.1) is 0 Å². The topological polar surface area (TPSA) is 75.7 Å². The second-order valence-electron chi connectivity index (χ2n) is 6.00. The van der Waals surface area contributed by atoms with E-state index in [4.69, 9.17) is 4.74 Å². The zero-order chi connectivity index (χ0) is 20.4. The lowest BCUT2D eigenvalue weighted by Gasteiger charge is -2.20. The second kappa shape index (κ2) is 8.12. The summed E-state index contributed by atoms with van der Waals surface area (Å²) in [5.41, 5.74) is 0.881. The molecule has 0 aromatic carbocycles. The number of amides is 1. The summed E-state index contributed by atoms with van der Waals surface area (Å²) in [6, 6.07) is 0. The van der Waals surface area contributed by atoms with Crippen molar-refractivity contribution in [3.63, 3.8) is 0 Å². The molecule has 0 saturated heterocycles. The van der Waals surface area contributed by atoms with Gasteiger partial charge in [-0.25, -0.2) is 4.79 Å². The first kappa shape index (κ1) is 20.9. The zero-order valence-corrected chi connectivity index (χ0v) is 15.8. The number of halogens is 3. The van der Waals surface area contributed by atoms with Crippen molar-refractivity contribution < 1.29 is 32.3 Å². The second-order valence-corrected chi connectivity index (χ2v) is 7.10. The van der Waals surface area contributed by atoms with Crippen LogP contribution in [-0.4, -0.2) is 48.9 Å². The van der Waals surface area contributed by atoms with Crippen LogP contribution in [0.1, 0.15) is 34.6 Å². The van der Waals surface area contributed by atoms with Gasteiger partial charge in [-0.2, -0.15) is 13.2 Å². The van der Waals surface area contributed by atoms with Gasteiger partial charge in [-0.15, -0.1) is 11.3 Å². The van der Waals surface area contributed by atoms with E-state index in [-0.39, 0.29) is 29.4 Å². The lowest BCUT2D eigenvalue weighted by Crippen LogP contribution is -2.30. The predicted molar refractivity (Wildman–Crippen MR) is 93.8 cm³/mol. The van der Waals surface area contributed by atoms with Crippen LogP contribution < -0.4 is 5.32 Å². The number of hydrogen-bond acceptors (Lipinski definition) is 6. The highest BCUT2D eigenvalue weighted by Gasteiger charge is 2.40. The summed E-state index contributed by atoms with van der Waals surface area (Å²) in [7, 11) is 1.76. The molecule has 1 aliphatic rings. The van der Waals surface area contributed by atoms with Crippen molar-refractivity contribution in [2.45, 2.75) is 32.9 Å². The number of Topliss-reactive ketones (excluding diaryl/α,β-unsaturated/α-hetero) is 1. The van der Waals surface area contributed by atoms with Crippen molar-refractivity contribution in [1.82, 2.24) is 4.90 Å². The van der Waals surface area contributed by atoms with Crippen LogP contribution in [0.2, 0.25) is 0 Å². The quantitative estimate of drug-likeness (QED) is 0.781. The number of rotatable bonds is 4. The van der Waals surface area contributed by atoms with Gasteiger partial charge >= 0.3 is 18.1 Å². The molecular formula is C17H19F3N2O4S. The van der Waals surface area contributed by atoms with E-state index in [2.05, 4.69) is 0 Å². The van der Waals surface area contributed by atoms with Crippen LogP contribution in [-0.2, 0) is 27.2 Å². The molecule has 0 bridgehead atoms. The Morgan fingerprint density at radius 1 is 1.33 bits per heavy atom. The molecule has 0 saturated carbocycles. The van der Waals surface area contributed by atoms with Gasteiger partial charge in [-0.05, 0) is 25.8 Å². The number of fused-ring (bicyclic) bond motifs is 1. The van der Waals surface area contributed by atoms with Gasteiger partial charge in [0.25, 0.3) is 0 Å². The van der Waals surface area contributed by atoms with Crippen molar-refractivity contribution in [3.05, 3.63) is 27.8 Å². The Bertz CT molecular complexity index is 799. The van der Waals surface area contributed by atoms with Crippen molar-refractivity contribution in [1.29, 1.82) is 0 Å². The van der Waals surface area contributed by atoms with E-state index in [0.717, 1.165) is 11.3 Å². The fourth-order valence-corrected chi connectivity index (χ4v) is 3.91. The molecule has 10 heteroatoms. The van der Waals surface area contributed by atoms with E-state index in [1.54, 1.807) is 30.4 Å². The molecule has 2 rings (SSSR count). The lowest BCUT2D eigenvalue weighted by molar-refractivity contribution is -0.167. The standard InChI is InChI=1S/C17H19F3N2O4S/c1-4-26-15(24)13-11-5-6-22(3)8-10(9(2)23)7-12(11)27-14(13)21-16(25)17(18,19)20/h8H,4-7H2,1-3H3,(H,21,25)/b10-8+. The number of ether oxygens (including phenoxy) is 1. The Kier molecular flexibility index (Phi) is 6.30. The molecule has 2 heterocycles. The van der Waals surface area contributed by atoms with Crippen molar-refractivity contribution in [2.75, 3.05) is 25.5 Å². The van der Waals surface area contributed by atoms with Gasteiger partial charge in [0.05, 0.1) is 12.2 Å². The average Bonchev–Trinajstić information content (AvgIpc) is 2.86. The van der Waals surface area contributed by atoms with E-state index in [9.17, 15) is 27.6 Å². The summed E-state index contributed by atoms with van der Waals surface area (Å²) in [5.74, 6) is -3.15. The minimum absolute atomic E-state index is 0.0363. The van der Waals surface area contributed by atoms with Crippen molar-refractivity contribution in [3.8, 4) is 0 Å². The third kappa shape index (κ3) is 4.88. The lowest BCUT2D eigenvalue weighted by atomic mass is 9.99. The Labute approximate surface area is 158 Å².